The van der Waals surface area contributed by atoms with E-state index in [4.69, 9.17) is 4.74 Å². The monoisotopic (exact) mass is 749 g/mol. The van der Waals surface area contributed by atoms with Crippen LogP contribution in [-0.2, 0) is 0 Å². The Morgan fingerprint density at radius 3 is 1.59 bits per heavy atom. The number of methoxy groups -OCH3 is 1. The van der Waals surface area contributed by atoms with Gasteiger partial charge in [0, 0.05) is 16.8 Å². The first-order chi connectivity index (χ1) is 28.4. The van der Waals surface area contributed by atoms with Gasteiger partial charge in [-0.3, -0.25) is 0 Å². The third-order valence-electron chi connectivity index (χ3n) is 10.7. The van der Waals surface area contributed by atoms with Crippen molar-refractivity contribution in [3.05, 3.63) is 250 Å². The van der Waals surface area contributed by atoms with Gasteiger partial charge in [0.25, 0.3) is 0 Å². The third kappa shape index (κ3) is 8.33. The summed E-state index contributed by atoms with van der Waals surface area (Å²) in [6.45, 7) is 6.42. The first-order valence-electron chi connectivity index (χ1n) is 19.9. The molecule has 0 radical (unpaired) electrons. The lowest BCUT2D eigenvalue weighted by Gasteiger charge is -2.29. The van der Waals surface area contributed by atoms with Crippen LogP contribution in [-0.4, -0.2) is 7.11 Å². The van der Waals surface area contributed by atoms with Crippen LogP contribution in [0.4, 0.5) is 17.1 Å². The highest BCUT2D eigenvalue weighted by Crippen LogP contribution is 2.42. The predicted molar refractivity (Wildman–Crippen MR) is 248 cm³/mol. The van der Waals surface area contributed by atoms with E-state index in [1.807, 2.05) is 6.07 Å². The predicted octanol–water partition coefficient (Wildman–Crippen LogP) is 15.0. The van der Waals surface area contributed by atoms with Crippen molar-refractivity contribution in [2.45, 2.75) is 20.8 Å². The normalized spacial score (nSPS) is 11.0. The summed E-state index contributed by atoms with van der Waals surface area (Å²) in [6.07, 6.45) is 8.92. The molecule has 0 unspecified atom stereocenters. The number of aryl methyl sites for hydroxylation is 3. The zero-order valence-electron chi connectivity index (χ0n) is 33.6. The molecule has 0 atom stereocenters. The largest absolute Gasteiger partial charge is 0.497 e. The molecule has 8 aromatic carbocycles. The minimum Gasteiger partial charge on any atom is -0.497 e. The van der Waals surface area contributed by atoms with E-state index in [2.05, 4.69) is 232 Å². The molecule has 0 spiro atoms. The number of hydrogen-bond donors (Lipinski definition) is 0. The fourth-order valence-corrected chi connectivity index (χ4v) is 7.59. The molecule has 0 aliphatic rings. The summed E-state index contributed by atoms with van der Waals surface area (Å²) >= 11 is 0. The van der Waals surface area contributed by atoms with Crippen LogP contribution in [0, 0.1) is 20.8 Å². The summed E-state index contributed by atoms with van der Waals surface area (Å²) in [7, 11) is 1.72. The number of benzene rings is 8. The molecule has 0 N–H and O–H groups in total. The smallest absolute Gasteiger partial charge is 0.119 e. The molecule has 0 aliphatic carbocycles. The SMILES string of the molecule is COc1ccc(N(c2ccc(C=C(c3ccc(C)cc3)c3ccc(C)cc3)cc2)c2ccc(/C=C/C=C(c3ccccc3)c3ccccc3)c3ccccc23)c(C)c1. The third-order valence-corrected chi connectivity index (χ3v) is 10.7. The van der Waals surface area contributed by atoms with Gasteiger partial charge in [0.05, 0.1) is 12.8 Å². The van der Waals surface area contributed by atoms with Crippen molar-refractivity contribution >= 4 is 51.1 Å². The van der Waals surface area contributed by atoms with Gasteiger partial charge >= 0.3 is 0 Å². The van der Waals surface area contributed by atoms with E-state index in [-0.39, 0.29) is 0 Å². The highest BCUT2D eigenvalue weighted by molar-refractivity contribution is 6.03. The van der Waals surface area contributed by atoms with Gasteiger partial charge in [0.2, 0.25) is 0 Å². The molecular weight excluding hydrogens is 703 g/mol. The van der Waals surface area contributed by atoms with Crippen LogP contribution in [0.3, 0.4) is 0 Å². The number of fused-ring (bicyclic) bond motifs is 1. The maximum atomic E-state index is 5.64. The molecule has 0 fully saturated rings. The Morgan fingerprint density at radius 2 is 1.02 bits per heavy atom. The molecule has 0 aromatic heterocycles. The van der Waals surface area contributed by atoms with Crippen molar-refractivity contribution in [1.82, 2.24) is 0 Å². The summed E-state index contributed by atoms with van der Waals surface area (Å²) in [5, 5.41) is 2.35. The van der Waals surface area contributed by atoms with Gasteiger partial charge in [-0.25, -0.2) is 0 Å². The number of allylic oxidation sites excluding steroid dienone is 2. The lowest BCUT2D eigenvalue weighted by molar-refractivity contribution is 0.414. The zero-order chi connectivity index (χ0) is 39.8. The number of ether oxygens (including phenoxy) is 1. The molecule has 0 saturated carbocycles. The van der Waals surface area contributed by atoms with E-state index in [1.165, 1.54) is 55.3 Å². The van der Waals surface area contributed by atoms with Crippen molar-refractivity contribution in [3.8, 4) is 5.75 Å². The summed E-state index contributed by atoms with van der Waals surface area (Å²) in [4.78, 5) is 2.38. The van der Waals surface area contributed by atoms with Crippen LogP contribution in [0.2, 0.25) is 0 Å². The number of nitrogens with zero attached hydrogens (tertiary/aromatic N) is 1. The van der Waals surface area contributed by atoms with E-state index in [0.29, 0.717) is 0 Å². The minimum absolute atomic E-state index is 0.838. The van der Waals surface area contributed by atoms with Gasteiger partial charge < -0.3 is 9.64 Å². The average molecular weight is 750 g/mol. The molecule has 2 heteroatoms. The maximum absolute atomic E-state index is 5.64. The Balaban J connectivity index is 1.21. The van der Waals surface area contributed by atoms with Gasteiger partial charge in [-0.1, -0.05) is 181 Å². The molecule has 282 valence electrons. The highest BCUT2D eigenvalue weighted by Gasteiger charge is 2.19. The summed E-state index contributed by atoms with van der Waals surface area (Å²) in [5.41, 5.74) is 16.3. The Hall–Kier alpha value is -7.16. The molecule has 0 aliphatic heterocycles. The van der Waals surface area contributed by atoms with Gasteiger partial charge in [-0.15, -0.1) is 0 Å². The molecule has 0 saturated heterocycles. The summed E-state index contributed by atoms with van der Waals surface area (Å²) in [5.74, 6) is 0.838. The van der Waals surface area contributed by atoms with E-state index in [0.717, 1.165) is 39.5 Å². The second-order valence-corrected chi connectivity index (χ2v) is 14.8. The quantitative estimate of drug-likeness (QED) is 0.0964. The van der Waals surface area contributed by atoms with Crippen molar-refractivity contribution in [2.24, 2.45) is 0 Å². The Bertz CT molecular complexity index is 2650. The number of hydrogen-bond acceptors (Lipinski definition) is 2. The van der Waals surface area contributed by atoms with Gasteiger partial charge in [0.1, 0.15) is 5.75 Å². The second-order valence-electron chi connectivity index (χ2n) is 14.8. The van der Waals surface area contributed by atoms with Crippen LogP contribution in [0.25, 0.3) is 34.1 Å². The van der Waals surface area contributed by atoms with E-state index < -0.39 is 0 Å². The fourth-order valence-electron chi connectivity index (χ4n) is 7.59. The molecule has 8 aromatic rings. The molecule has 58 heavy (non-hydrogen) atoms. The van der Waals surface area contributed by atoms with Crippen LogP contribution in [0.15, 0.2) is 200 Å². The standard InChI is InChI=1S/C56H47NO/c1-40-22-28-47(29-23-40)54(48-30-24-41(2)25-31-48)39-43-26-33-49(34-27-43)57(55-37-35-50(58-4)38-42(55)3)56-36-32-46(52-19-11-12-20-53(52)56)18-13-21-51(44-14-7-5-8-15-44)45-16-9-6-10-17-45/h5-39H,1-4H3/b18-13+. The zero-order valence-corrected chi connectivity index (χ0v) is 33.6. The van der Waals surface area contributed by atoms with Gasteiger partial charge in [-0.05, 0) is 119 Å². The van der Waals surface area contributed by atoms with E-state index >= 15 is 0 Å². The first-order valence-corrected chi connectivity index (χ1v) is 19.9. The number of rotatable bonds is 11. The van der Waals surface area contributed by atoms with Crippen molar-refractivity contribution < 1.29 is 4.74 Å². The summed E-state index contributed by atoms with van der Waals surface area (Å²) < 4.78 is 5.64. The average Bonchev–Trinajstić information content (AvgIpc) is 3.27. The lowest BCUT2D eigenvalue weighted by Crippen LogP contribution is -2.12. The Morgan fingerprint density at radius 1 is 0.483 bits per heavy atom. The molecular formula is C56H47NO. The molecule has 8 rings (SSSR count). The lowest BCUT2D eigenvalue weighted by atomic mass is 9.94. The van der Waals surface area contributed by atoms with Gasteiger partial charge in [0.15, 0.2) is 0 Å². The molecule has 0 amide bonds. The van der Waals surface area contributed by atoms with Crippen molar-refractivity contribution in [2.75, 3.05) is 12.0 Å². The Kier molecular flexibility index (Phi) is 11.3. The van der Waals surface area contributed by atoms with Crippen LogP contribution >= 0.6 is 0 Å². The van der Waals surface area contributed by atoms with Crippen LogP contribution in [0.1, 0.15) is 50.1 Å². The first kappa shape index (κ1) is 37.7. The number of anilines is 3. The molecule has 2 nitrogen and oxygen atoms in total. The van der Waals surface area contributed by atoms with E-state index in [1.54, 1.807) is 7.11 Å². The Labute approximate surface area is 343 Å². The second kappa shape index (κ2) is 17.3. The minimum atomic E-state index is 0.838. The fraction of sp³-hybridized carbons (Fsp3) is 0.0714. The van der Waals surface area contributed by atoms with Crippen molar-refractivity contribution in [1.29, 1.82) is 0 Å². The van der Waals surface area contributed by atoms with Crippen molar-refractivity contribution in [3.63, 3.8) is 0 Å². The molecule has 0 bridgehead atoms. The highest BCUT2D eigenvalue weighted by atomic mass is 16.5. The van der Waals surface area contributed by atoms with Gasteiger partial charge in [-0.2, -0.15) is 0 Å². The topological polar surface area (TPSA) is 12.5 Å². The van der Waals surface area contributed by atoms with Crippen LogP contribution in [0.5, 0.6) is 5.75 Å². The summed E-state index contributed by atoms with van der Waals surface area (Å²) in [6, 6.07) is 67.2. The maximum Gasteiger partial charge on any atom is 0.119 e. The molecule has 0 heterocycles. The van der Waals surface area contributed by atoms with E-state index in [9.17, 15) is 0 Å². The van der Waals surface area contributed by atoms with Crippen LogP contribution < -0.4 is 9.64 Å².